The van der Waals surface area contributed by atoms with Gasteiger partial charge in [-0.25, -0.2) is 0 Å². The maximum absolute atomic E-state index is 5.85. The normalized spacial score (nSPS) is 22.2. The second-order valence-corrected chi connectivity index (χ2v) is 5.69. The van der Waals surface area contributed by atoms with Crippen LogP contribution in [0.25, 0.3) is 0 Å². The fourth-order valence-corrected chi connectivity index (χ4v) is 2.75. The minimum absolute atomic E-state index is 0.322. The summed E-state index contributed by atoms with van der Waals surface area (Å²) < 4.78 is 5.69. The summed E-state index contributed by atoms with van der Waals surface area (Å²) in [6, 6.07) is 0. The van der Waals surface area contributed by atoms with Crippen LogP contribution < -0.4 is 5.73 Å². The molecule has 0 spiro atoms. The molecule has 0 aromatic carbocycles. The van der Waals surface area contributed by atoms with Crippen LogP contribution >= 0.6 is 11.8 Å². The summed E-state index contributed by atoms with van der Waals surface area (Å²) in [5.74, 6) is 1.98. The topological polar surface area (TPSA) is 35.2 Å². The van der Waals surface area contributed by atoms with Gasteiger partial charge < -0.3 is 10.5 Å². The van der Waals surface area contributed by atoms with Crippen molar-refractivity contribution in [2.24, 2.45) is 11.7 Å². The Hall–Kier alpha value is 0.270. The molecule has 0 aliphatic carbocycles. The number of ether oxygens (including phenoxy) is 1. The zero-order valence-corrected chi connectivity index (χ0v) is 9.53. The van der Waals surface area contributed by atoms with Gasteiger partial charge >= 0.3 is 0 Å². The van der Waals surface area contributed by atoms with Crippen LogP contribution in [0, 0.1) is 5.92 Å². The first-order valence-corrected chi connectivity index (χ1v) is 6.09. The van der Waals surface area contributed by atoms with Crippen molar-refractivity contribution >= 4 is 11.8 Å². The van der Waals surface area contributed by atoms with E-state index in [0.717, 1.165) is 38.5 Å². The van der Waals surface area contributed by atoms with Gasteiger partial charge in [0.05, 0.1) is 0 Å². The molecule has 0 aromatic rings. The van der Waals surface area contributed by atoms with Crippen molar-refractivity contribution in [1.82, 2.24) is 0 Å². The van der Waals surface area contributed by atoms with Crippen LogP contribution in [0.1, 0.15) is 26.7 Å². The highest BCUT2D eigenvalue weighted by molar-refractivity contribution is 8.00. The predicted molar refractivity (Wildman–Crippen MR) is 59.1 cm³/mol. The van der Waals surface area contributed by atoms with Crippen molar-refractivity contribution in [3.8, 4) is 0 Å². The Morgan fingerprint density at radius 1 is 1.38 bits per heavy atom. The lowest BCUT2D eigenvalue weighted by Gasteiger charge is -2.36. The first-order chi connectivity index (χ1) is 6.18. The maximum atomic E-state index is 5.85. The lowest BCUT2D eigenvalue weighted by Crippen LogP contribution is -2.40. The van der Waals surface area contributed by atoms with E-state index in [0.29, 0.717) is 4.75 Å². The minimum atomic E-state index is 0.322. The smallest absolute Gasteiger partial charge is 0.0479 e. The van der Waals surface area contributed by atoms with Gasteiger partial charge in [0.15, 0.2) is 0 Å². The van der Waals surface area contributed by atoms with Crippen molar-refractivity contribution < 1.29 is 4.74 Å². The summed E-state index contributed by atoms with van der Waals surface area (Å²) in [6.45, 7) is 7.10. The zero-order chi connectivity index (χ0) is 9.73. The van der Waals surface area contributed by atoms with Gasteiger partial charge in [0, 0.05) is 24.5 Å². The highest BCUT2D eigenvalue weighted by atomic mass is 32.2. The lowest BCUT2D eigenvalue weighted by molar-refractivity contribution is 0.0792. The molecular weight excluding hydrogens is 182 g/mol. The molecular formula is C10H21NOS. The third-order valence-electron chi connectivity index (χ3n) is 2.50. The summed E-state index contributed by atoms with van der Waals surface area (Å²) in [5, 5.41) is 0. The van der Waals surface area contributed by atoms with E-state index < -0.39 is 0 Å². The van der Waals surface area contributed by atoms with Crippen molar-refractivity contribution in [1.29, 1.82) is 0 Å². The van der Waals surface area contributed by atoms with E-state index in [9.17, 15) is 0 Å². The maximum Gasteiger partial charge on any atom is 0.0479 e. The van der Waals surface area contributed by atoms with Crippen LogP contribution in [0.5, 0.6) is 0 Å². The third kappa shape index (κ3) is 3.49. The molecule has 0 radical (unpaired) electrons. The second-order valence-electron chi connectivity index (χ2n) is 4.20. The molecule has 2 nitrogen and oxygen atoms in total. The van der Waals surface area contributed by atoms with E-state index in [1.807, 2.05) is 11.8 Å². The molecule has 0 saturated carbocycles. The Bertz CT molecular complexity index is 144. The molecule has 1 aliphatic heterocycles. The lowest BCUT2D eigenvalue weighted by atomic mass is 9.99. The van der Waals surface area contributed by atoms with E-state index >= 15 is 0 Å². The van der Waals surface area contributed by atoms with Gasteiger partial charge in [-0.2, -0.15) is 11.8 Å². The Balaban J connectivity index is 2.38. The summed E-state index contributed by atoms with van der Waals surface area (Å²) in [4.78, 5) is 0. The molecule has 1 rings (SSSR count). The number of thioether (sulfide) groups is 1. The molecule has 2 N–H and O–H groups in total. The SMILES string of the molecule is CC(C)CSC1(CN)CCOCC1. The molecule has 0 aromatic heterocycles. The summed E-state index contributed by atoms with van der Waals surface area (Å²) in [7, 11) is 0. The summed E-state index contributed by atoms with van der Waals surface area (Å²) in [6.07, 6.45) is 2.25. The Morgan fingerprint density at radius 3 is 2.46 bits per heavy atom. The van der Waals surface area contributed by atoms with E-state index in [2.05, 4.69) is 13.8 Å². The molecule has 0 atom stereocenters. The van der Waals surface area contributed by atoms with E-state index in [1.165, 1.54) is 5.75 Å². The first kappa shape index (κ1) is 11.3. The summed E-state index contributed by atoms with van der Waals surface area (Å²) >= 11 is 2.05. The average Bonchev–Trinajstić information content (AvgIpc) is 2.16. The average molecular weight is 203 g/mol. The number of hydrogen-bond acceptors (Lipinski definition) is 3. The molecule has 13 heavy (non-hydrogen) atoms. The fraction of sp³-hybridized carbons (Fsp3) is 1.00. The van der Waals surface area contributed by atoms with Crippen molar-refractivity contribution in [3.63, 3.8) is 0 Å². The first-order valence-electron chi connectivity index (χ1n) is 5.10. The largest absolute Gasteiger partial charge is 0.381 e. The quantitative estimate of drug-likeness (QED) is 0.758. The Kier molecular flexibility index (Phi) is 4.56. The zero-order valence-electron chi connectivity index (χ0n) is 8.71. The van der Waals surface area contributed by atoms with Gasteiger partial charge in [-0.05, 0) is 24.5 Å². The van der Waals surface area contributed by atoms with Crippen LogP contribution in [0.3, 0.4) is 0 Å². The molecule has 0 unspecified atom stereocenters. The molecule has 1 heterocycles. The standard InChI is InChI=1S/C10H21NOS/c1-9(2)7-13-10(8-11)3-5-12-6-4-10/h9H,3-8,11H2,1-2H3. The number of hydrogen-bond donors (Lipinski definition) is 1. The van der Waals surface area contributed by atoms with Crippen molar-refractivity contribution in [2.45, 2.75) is 31.4 Å². The Morgan fingerprint density at radius 2 is 2.00 bits per heavy atom. The van der Waals surface area contributed by atoms with Crippen LogP contribution in [0.4, 0.5) is 0 Å². The van der Waals surface area contributed by atoms with Crippen LogP contribution in [0.15, 0.2) is 0 Å². The number of nitrogens with two attached hydrogens (primary N) is 1. The molecule has 0 amide bonds. The fourth-order valence-electron chi connectivity index (χ4n) is 1.49. The van der Waals surface area contributed by atoms with Crippen LogP contribution in [-0.4, -0.2) is 30.3 Å². The van der Waals surface area contributed by atoms with Gasteiger partial charge in [0.25, 0.3) is 0 Å². The van der Waals surface area contributed by atoms with E-state index in [1.54, 1.807) is 0 Å². The van der Waals surface area contributed by atoms with Gasteiger partial charge in [0.1, 0.15) is 0 Å². The van der Waals surface area contributed by atoms with Crippen LogP contribution in [0.2, 0.25) is 0 Å². The molecule has 1 aliphatic rings. The van der Waals surface area contributed by atoms with Gasteiger partial charge in [-0.1, -0.05) is 13.8 Å². The summed E-state index contributed by atoms with van der Waals surface area (Å²) in [5.41, 5.74) is 5.85. The van der Waals surface area contributed by atoms with Crippen LogP contribution in [-0.2, 0) is 4.74 Å². The van der Waals surface area contributed by atoms with E-state index in [4.69, 9.17) is 10.5 Å². The van der Waals surface area contributed by atoms with Crippen molar-refractivity contribution in [3.05, 3.63) is 0 Å². The monoisotopic (exact) mass is 203 g/mol. The molecule has 0 bridgehead atoms. The van der Waals surface area contributed by atoms with Crippen molar-refractivity contribution in [2.75, 3.05) is 25.5 Å². The second kappa shape index (κ2) is 5.23. The third-order valence-corrected chi connectivity index (χ3v) is 4.52. The highest BCUT2D eigenvalue weighted by Gasteiger charge is 2.31. The molecule has 78 valence electrons. The molecule has 1 saturated heterocycles. The molecule has 3 heteroatoms. The minimum Gasteiger partial charge on any atom is -0.381 e. The predicted octanol–water partition coefficient (Wildman–Crippen LogP) is 1.88. The van der Waals surface area contributed by atoms with E-state index in [-0.39, 0.29) is 0 Å². The Labute approximate surface area is 85.6 Å². The van der Waals surface area contributed by atoms with Gasteiger partial charge in [0.2, 0.25) is 0 Å². The van der Waals surface area contributed by atoms with Gasteiger partial charge in [-0.3, -0.25) is 0 Å². The highest BCUT2D eigenvalue weighted by Crippen LogP contribution is 2.35. The van der Waals surface area contributed by atoms with Gasteiger partial charge in [-0.15, -0.1) is 0 Å². The molecule has 1 fully saturated rings. The number of rotatable bonds is 4.